The third kappa shape index (κ3) is 16.6. The van der Waals surface area contributed by atoms with Crippen LogP contribution >= 0.6 is 89.4 Å². The van der Waals surface area contributed by atoms with Crippen molar-refractivity contribution in [2.45, 2.75) is 9.79 Å². The SMILES string of the molecule is CS1(C)c2cc(-c3ccnc(-c4cc(OC=O)cc(-c5cc(OC=O)ccn5)n4)c3)sc2-c2sc(-c3scc4c3OCCO4)cc21.O=COc1ccnc(-c2cc(OC=O)cc(-c3nccc(-c4sc(-c5scc6c5OCCO6)c5c4OCCO5)n3)n2)c1.O=COc1ccnc(-c2cc(OC=O)cc(-c3ncnc(-c4sc(-c5scc6c5OCCO6)c5c4OCCO5)n3)n2)c1. The molecule has 6 aliphatic rings. The van der Waals surface area contributed by atoms with Crippen LogP contribution in [0.3, 0.4) is 0 Å². The van der Waals surface area contributed by atoms with E-state index in [0.29, 0.717) is 224 Å². The minimum Gasteiger partial charge on any atom is -0.485 e. The lowest BCUT2D eigenvalue weighted by Crippen LogP contribution is -2.15. The summed E-state index contributed by atoms with van der Waals surface area (Å²) in [5.41, 5.74) is 5.66. The number of nitrogens with zero attached hydrogens (tertiary/aromatic N) is 12. The van der Waals surface area contributed by atoms with Crippen LogP contribution in [0.4, 0.5) is 0 Å². The Balaban J connectivity index is 0.000000122. The zero-order valence-corrected chi connectivity index (χ0v) is 73.7. The molecular weight excluding hydrogens is 1830 g/mol. The summed E-state index contributed by atoms with van der Waals surface area (Å²) < 4.78 is 89.6. The van der Waals surface area contributed by atoms with E-state index in [1.807, 2.05) is 39.6 Å². The molecule has 0 aliphatic carbocycles. The van der Waals surface area contributed by atoms with Crippen molar-refractivity contribution in [1.82, 2.24) is 59.8 Å². The standard InChI is InChI=1S/C33H23N3O6S4.C28H18N4O8S2.C27H17N5O8S2/c1-46(2)28-13-26(44-32(28)33-29(46)14-27(45-33)31-30-25(15-43-31)39-7-8-40-30)18-3-5-34-21(9-18)23-11-20(42-17-38)12-24(36-23)22-10-19(41-16-37)4-6-35-22;33-13-39-15-1-3-29-18(9-15)19-10-16(40-14-34)11-20(31-19)28-30-4-2-17(32-28)25-23-24(38-8-7-37-23)27(42-25)26-22-21(12-41-26)35-5-6-36-22;33-12-39-14-1-2-28-16(7-14)17-8-15(40-13-34)9-18(31-17)26-29-11-30-27(32-26)25-22-21(37-5-6-38-22)24(42-25)23-20-19(10-41-23)35-3-4-36-20/h3-6,9-17H,7-8H2,1-2H3;1-4,9-14H,5-8H2;1-2,7-13H,3-6H2. The van der Waals surface area contributed by atoms with Gasteiger partial charge in [-0.1, -0.05) is 0 Å². The summed E-state index contributed by atoms with van der Waals surface area (Å²) in [6.45, 7) is 6.60. The number of ether oxygens (including phenoxy) is 16. The Kier molecular flexibility index (Phi) is 23.4. The molecule has 16 aromatic rings. The number of thiophene rings is 7. The molecule has 16 aromatic heterocycles. The van der Waals surface area contributed by atoms with E-state index in [0.717, 1.165) is 51.2 Å². The minimum atomic E-state index is -1.22. The molecule has 0 saturated heterocycles. The smallest absolute Gasteiger partial charge is 0.298 e. The summed E-state index contributed by atoms with van der Waals surface area (Å²) in [5.74, 6) is 9.18. The third-order valence-corrected chi connectivity index (χ3v) is 31.2. The van der Waals surface area contributed by atoms with Crippen LogP contribution in [0.1, 0.15) is 0 Å². The molecule has 42 heteroatoms. The van der Waals surface area contributed by atoms with E-state index in [-0.39, 0.29) is 46.1 Å². The van der Waals surface area contributed by atoms with Gasteiger partial charge < -0.3 is 75.8 Å². The fourth-order valence-corrected chi connectivity index (χ4v) is 26.0. The first-order valence-electron chi connectivity index (χ1n) is 38.9. The lowest BCUT2D eigenvalue weighted by atomic mass is 10.1. The number of hydrogen-bond donors (Lipinski definition) is 0. The van der Waals surface area contributed by atoms with Gasteiger partial charge >= 0.3 is 0 Å². The fraction of sp³-hybridized carbons (Fsp3) is 0.136. The molecule has 6 aliphatic heterocycles. The van der Waals surface area contributed by atoms with Gasteiger partial charge in [-0.15, -0.1) is 79.4 Å². The predicted octanol–water partition coefficient (Wildman–Crippen LogP) is 16.8. The van der Waals surface area contributed by atoms with Crippen molar-refractivity contribution in [1.29, 1.82) is 0 Å². The molecule has 0 bridgehead atoms. The molecule has 34 nitrogen and oxygen atoms in total. The molecule has 0 fully saturated rings. The summed E-state index contributed by atoms with van der Waals surface area (Å²) in [7, 11) is -1.22. The van der Waals surface area contributed by atoms with Gasteiger partial charge in [-0.3, -0.25) is 48.7 Å². The van der Waals surface area contributed by atoms with E-state index >= 15 is 0 Å². The summed E-state index contributed by atoms with van der Waals surface area (Å²) in [5, 5.41) is 5.87. The topological polar surface area (TPSA) is 405 Å². The fourth-order valence-electron chi connectivity index (χ4n) is 14.3. The number of rotatable bonds is 24. The Morgan fingerprint density at radius 1 is 0.277 bits per heavy atom. The van der Waals surface area contributed by atoms with E-state index in [1.165, 1.54) is 137 Å². The molecule has 0 aromatic carbocycles. The number of fused-ring (bicyclic) bond motifs is 8. The maximum Gasteiger partial charge on any atom is 0.298 e. The van der Waals surface area contributed by atoms with Crippen LogP contribution in [-0.2, 0) is 28.8 Å². The van der Waals surface area contributed by atoms with Crippen LogP contribution in [0.15, 0.2) is 166 Å². The summed E-state index contributed by atoms with van der Waals surface area (Å²) in [6.07, 6.45) is 13.9. The van der Waals surface area contributed by atoms with Crippen molar-refractivity contribution in [3.05, 3.63) is 157 Å². The Hall–Kier alpha value is -14.8. The molecule has 0 spiro atoms. The zero-order valence-electron chi connectivity index (χ0n) is 67.2. The lowest BCUT2D eigenvalue weighted by Gasteiger charge is -2.26. The molecular formula is C88H58N12O22S8. The Morgan fingerprint density at radius 3 is 1.10 bits per heavy atom. The Morgan fingerprint density at radius 2 is 0.623 bits per heavy atom. The first-order chi connectivity index (χ1) is 63.8. The van der Waals surface area contributed by atoms with E-state index in [2.05, 4.69) is 74.5 Å². The molecule has 0 N–H and O–H groups in total. The van der Waals surface area contributed by atoms with E-state index < -0.39 is 10.0 Å². The van der Waals surface area contributed by atoms with Crippen LogP contribution < -0.4 is 75.8 Å². The molecule has 22 rings (SSSR count). The lowest BCUT2D eigenvalue weighted by molar-refractivity contribution is -0.121. The van der Waals surface area contributed by atoms with E-state index in [9.17, 15) is 28.8 Å². The minimum absolute atomic E-state index is 0.188. The summed E-state index contributed by atoms with van der Waals surface area (Å²) in [6, 6.07) is 29.1. The van der Waals surface area contributed by atoms with Gasteiger partial charge in [-0.05, 0) is 66.6 Å². The molecule has 22 heterocycles. The largest absolute Gasteiger partial charge is 0.485 e. The van der Waals surface area contributed by atoms with Crippen LogP contribution in [-0.4, -0.2) is 177 Å². The second kappa shape index (κ2) is 36.5. The molecule has 0 atom stereocenters. The maximum absolute atomic E-state index is 11.2. The van der Waals surface area contributed by atoms with Gasteiger partial charge in [0.05, 0.1) is 90.3 Å². The zero-order chi connectivity index (χ0) is 88.4. The molecule has 0 unspecified atom stereocenters. The quantitative estimate of drug-likeness (QED) is 0.0507. The highest BCUT2D eigenvalue weighted by Crippen LogP contribution is 2.73. The number of pyridine rings is 7. The normalized spacial score (nSPS) is 13.8. The summed E-state index contributed by atoms with van der Waals surface area (Å²) in [4.78, 5) is 134. The Bertz CT molecular complexity index is 6870. The van der Waals surface area contributed by atoms with Gasteiger partial charge in [0, 0.05) is 121 Å². The molecule has 0 amide bonds. The van der Waals surface area contributed by atoms with Crippen molar-refractivity contribution < 1.29 is 105 Å². The van der Waals surface area contributed by atoms with Gasteiger partial charge in [0.2, 0.25) is 0 Å². The van der Waals surface area contributed by atoms with Crippen LogP contribution in [0.5, 0.6) is 92.0 Å². The average molecular weight is 1890 g/mol. The van der Waals surface area contributed by atoms with Crippen molar-refractivity contribution in [3.63, 3.8) is 0 Å². The van der Waals surface area contributed by atoms with Crippen molar-refractivity contribution in [3.8, 4) is 231 Å². The van der Waals surface area contributed by atoms with Gasteiger partial charge in [0.25, 0.3) is 38.8 Å². The maximum atomic E-state index is 11.2. The Labute approximate surface area is 763 Å². The van der Waals surface area contributed by atoms with Crippen molar-refractivity contribution in [2.75, 3.05) is 78.6 Å². The highest BCUT2D eigenvalue weighted by atomic mass is 32.3. The number of aromatic nitrogens is 12. The predicted molar refractivity (Wildman–Crippen MR) is 480 cm³/mol. The highest BCUT2D eigenvalue weighted by Gasteiger charge is 2.39. The monoisotopic (exact) mass is 1890 g/mol. The molecule has 650 valence electrons. The van der Waals surface area contributed by atoms with Crippen molar-refractivity contribution >= 4 is 128 Å². The molecule has 0 radical (unpaired) electrons. The third-order valence-electron chi connectivity index (χ3n) is 20.0. The first-order valence-corrected chi connectivity index (χ1v) is 47.3. The highest BCUT2D eigenvalue weighted by molar-refractivity contribution is 8.33. The van der Waals surface area contributed by atoms with Crippen molar-refractivity contribution in [2.24, 2.45) is 0 Å². The molecule has 0 saturated carbocycles. The second-order valence-corrected chi connectivity index (χ2v) is 38.3. The number of carbonyl (C=O) groups is 6. The second-order valence-electron chi connectivity index (χ2n) is 28.0. The molecule has 130 heavy (non-hydrogen) atoms. The van der Waals surface area contributed by atoms with E-state index in [1.54, 1.807) is 71.5 Å². The van der Waals surface area contributed by atoms with Gasteiger partial charge in [0.15, 0.2) is 75.0 Å². The first kappa shape index (κ1) is 83.4. The average Bonchev–Trinajstić information content (AvgIpc) is 1.55. The number of hydrogen-bond acceptors (Lipinski definition) is 41. The van der Waals surface area contributed by atoms with Gasteiger partial charge in [-0.2, -0.15) is 10.0 Å². The van der Waals surface area contributed by atoms with Gasteiger partial charge in [-0.25, -0.2) is 39.9 Å². The van der Waals surface area contributed by atoms with Gasteiger partial charge in [0.1, 0.15) is 123 Å². The van der Waals surface area contributed by atoms with Crippen LogP contribution in [0, 0.1) is 0 Å². The number of carbonyl (C=O) groups excluding carboxylic acids is 6. The van der Waals surface area contributed by atoms with E-state index in [4.69, 9.17) is 85.8 Å². The summed E-state index contributed by atoms with van der Waals surface area (Å²) >= 11 is 11.2. The van der Waals surface area contributed by atoms with Crippen LogP contribution in [0.2, 0.25) is 0 Å². The van der Waals surface area contributed by atoms with Crippen LogP contribution in [0.25, 0.3) is 139 Å².